The van der Waals surface area contributed by atoms with Crippen LogP contribution in [0.5, 0.6) is 5.75 Å². The largest absolute Gasteiger partial charge is 0.484 e. The maximum atomic E-state index is 13.6. The number of ether oxygens (including phenoxy) is 1. The molecule has 10 heteroatoms. The van der Waals surface area contributed by atoms with Crippen LogP contribution in [0.1, 0.15) is 12.8 Å². The molecule has 1 saturated heterocycles. The lowest BCUT2D eigenvalue weighted by molar-refractivity contribution is -0.387. The Labute approximate surface area is 178 Å². The number of rotatable bonds is 8. The summed E-state index contributed by atoms with van der Waals surface area (Å²) in [5.74, 6) is -1.43. The van der Waals surface area contributed by atoms with Crippen molar-refractivity contribution >= 4 is 23.2 Å². The van der Waals surface area contributed by atoms with Crippen molar-refractivity contribution in [3.63, 3.8) is 0 Å². The zero-order valence-corrected chi connectivity index (χ0v) is 16.8. The molecule has 0 spiro atoms. The summed E-state index contributed by atoms with van der Waals surface area (Å²) < 4.78 is 18.8. The highest BCUT2D eigenvalue weighted by molar-refractivity contribution is 5.92. The van der Waals surface area contributed by atoms with Crippen LogP contribution in [-0.4, -0.2) is 53.9 Å². The number of para-hydroxylation sites is 1. The Kier molecular flexibility index (Phi) is 7.50. The molecule has 1 aliphatic heterocycles. The van der Waals surface area contributed by atoms with Gasteiger partial charge < -0.3 is 15.4 Å². The van der Waals surface area contributed by atoms with E-state index in [2.05, 4.69) is 10.6 Å². The van der Waals surface area contributed by atoms with E-state index in [1.165, 1.54) is 6.07 Å². The van der Waals surface area contributed by atoms with Crippen LogP contribution in [0.2, 0.25) is 0 Å². The van der Waals surface area contributed by atoms with Crippen LogP contribution in [0.3, 0.4) is 0 Å². The summed E-state index contributed by atoms with van der Waals surface area (Å²) in [4.78, 5) is 36.0. The summed E-state index contributed by atoms with van der Waals surface area (Å²) in [6.07, 6.45) is 1.38. The Bertz CT molecular complexity index is 933. The van der Waals surface area contributed by atoms with Crippen LogP contribution < -0.4 is 15.4 Å². The van der Waals surface area contributed by atoms with Crippen LogP contribution in [0.25, 0.3) is 0 Å². The molecule has 3 rings (SSSR count). The molecule has 2 N–H and O–H groups in total. The molecule has 1 aliphatic rings. The molecular weight excluding hydrogens is 407 g/mol. The second kappa shape index (κ2) is 10.5. The SMILES string of the molecule is O=C(CN1CCC(NC(=O)COc2ccc([N+](=O)[O-])c(F)c2)CC1)Nc1ccccc1. The molecule has 1 heterocycles. The number of likely N-dealkylation sites (tertiary alicyclic amines) is 1. The summed E-state index contributed by atoms with van der Waals surface area (Å²) >= 11 is 0. The first-order chi connectivity index (χ1) is 14.9. The van der Waals surface area contributed by atoms with Crippen molar-refractivity contribution in [2.24, 2.45) is 0 Å². The minimum absolute atomic E-state index is 0.0393. The van der Waals surface area contributed by atoms with E-state index >= 15 is 0 Å². The fraction of sp³-hybridized carbons (Fsp3) is 0.333. The first-order valence-corrected chi connectivity index (χ1v) is 9.84. The van der Waals surface area contributed by atoms with E-state index < -0.39 is 16.4 Å². The molecule has 0 bridgehead atoms. The number of nitro benzene ring substituents is 1. The molecule has 0 radical (unpaired) electrons. The van der Waals surface area contributed by atoms with Gasteiger partial charge in [0.15, 0.2) is 6.61 Å². The molecule has 0 atom stereocenters. The van der Waals surface area contributed by atoms with E-state index in [0.29, 0.717) is 25.9 Å². The number of anilines is 1. The number of nitrogens with zero attached hydrogens (tertiary/aromatic N) is 2. The van der Waals surface area contributed by atoms with E-state index in [4.69, 9.17) is 4.74 Å². The number of nitrogens with one attached hydrogen (secondary N) is 2. The summed E-state index contributed by atoms with van der Waals surface area (Å²) in [5.41, 5.74) is 0.101. The Morgan fingerprint density at radius 1 is 1.13 bits per heavy atom. The average Bonchev–Trinajstić information content (AvgIpc) is 2.74. The number of nitro groups is 1. The zero-order chi connectivity index (χ0) is 22.2. The Balaban J connectivity index is 1.36. The number of carbonyl (C=O) groups is 2. The summed E-state index contributed by atoms with van der Waals surface area (Å²) in [6.45, 7) is 1.30. The summed E-state index contributed by atoms with van der Waals surface area (Å²) in [6, 6.07) is 12.3. The fourth-order valence-corrected chi connectivity index (χ4v) is 3.30. The molecule has 0 saturated carbocycles. The van der Waals surface area contributed by atoms with Crippen molar-refractivity contribution in [1.29, 1.82) is 0 Å². The monoisotopic (exact) mass is 430 g/mol. The number of benzene rings is 2. The molecule has 164 valence electrons. The predicted octanol–water partition coefficient (Wildman–Crippen LogP) is 2.33. The van der Waals surface area contributed by atoms with Crippen LogP contribution in [0.4, 0.5) is 15.8 Å². The molecule has 0 unspecified atom stereocenters. The van der Waals surface area contributed by atoms with Gasteiger partial charge in [0.25, 0.3) is 5.91 Å². The molecule has 0 aromatic heterocycles. The van der Waals surface area contributed by atoms with Crippen LogP contribution >= 0.6 is 0 Å². The van der Waals surface area contributed by atoms with Gasteiger partial charge in [-0.15, -0.1) is 0 Å². The van der Waals surface area contributed by atoms with Gasteiger partial charge in [-0.25, -0.2) is 0 Å². The summed E-state index contributed by atoms with van der Waals surface area (Å²) in [5, 5.41) is 16.3. The van der Waals surface area contributed by atoms with Crippen molar-refractivity contribution in [1.82, 2.24) is 10.2 Å². The molecule has 1 fully saturated rings. The number of hydrogen-bond acceptors (Lipinski definition) is 6. The first kappa shape index (κ1) is 22.2. The molecule has 2 aromatic carbocycles. The van der Waals surface area contributed by atoms with Gasteiger partial charge in [-0.2, -0.15) is 4.39 Å². The van der Waals surface area contributed by atoms with Crippen molar-refractivity contribution in [2.75, 3.05) is 31.6 Å². The predicted molar refractivity (Wildman–Crippen MR) is 111 cm³/mol. The quantitative estimate of drug-likeness (QED) is 0.491. The lowest BCUT2D eigenvalue weighted by Gasteiger charge is -2.31. The molecule has 2 aromatic rings. The second-order valence-electron chi connectivity index (χ2n) is 7.19. The van der Waals surface area contributed by atoms with Gasteiger partial charge in [-0.1, -0.05) is 18.2 Å². The van der Waals surface area contributed by atoms with E-state index in [-0.39, 0.29) is 36.8 Å². The van der Waals surface area contributed by atoms with Crippen molar-refractivity contribution in [3.05, 3.63) is 64.5 Å². The highest BCUT2D eigenvalue weighted by Crippen LogP contribution is 2.22. The Morgan fingerprint density at radius 2 is 1.84 bits per heavy atom. The van der Waals surface area contributed by atoms with E-state index in [9.17, 15) is 24.1 Å². The lowest BCUT2D eigenvalue weighted by Crippen LogP contribution is -2.47. The van der Waals surface area contributed by atoms with Gasteiger partial charge in [0.1, 0.15) is 5.75 Å². The Morgan fingerprint density at radius 3 is 2.48 bits per heavy atom. The minimum Gasteiger partial charge on any atom is -0.484 e. The smallest absolute Gasteiger partial charge is 0.305 e. The first-order valence-electron chi connectivity index (χ1n) is 9.84. The van der Waals surface area contributed by atoms with Crippen LogP contribution in [0, 0.1) is 15.9 Å². The molecule has 0 aliphatic carbocycles. The standard InChI is InChI=1S/C21H23FN4O5/c22-18-12-17(6-7-19(18)26(29)30)31-14-21(28)24-16-8-10-25(11-9-16)13-20(27)23-15-4-2-1-3-5-15/h1-7,12,16H,8-11,13-14H2,(H,23,27)(H,24,28). The number of hydrogen-bond donors (Lipinski definition) is 2. The molecular formula is C21H23FN4O5. The van der Waals surface area contributed by atoms with Crippen molar-refractivity contribution in [3.8, 4) is 5.75 Å². The number of carbonyl (C=O) groups excluding carboxylic acids is 2. The van der Waals surface area contributed by atoms with E-state index in [0.717, 1.165) is 17.8 Å². The number of piperidine rings is 1. The normalized spacial score (nSPS) is 14.6. The highest BCUT2D eigenvalue weighted by Gasteiger charge is 2.22. The summed E-state index contributed by atoms with van der Waals surface area (Å²) in [7, 11) is 0. The Hall–Kier alpha value is -3.53. The third-order valence-electron chi connectivity index (χ3n) is 4.86. The lowest BCUT2D eigenvalue weighted by atomic mass is 10.1. The maximum Gasteiger partial charge on any atom is 0.305 e. The van der Waals surface area contributed by atoms with Crippen molar-refractivity contribution < 1.29 is 23.6 Å². The molecule has 31 heavy (non-hydrogen) atoms. The molecule has 9 nitrogen and oxygen atoms in total. The van der Waals surface area contributed by atoms with Gasteiger partial charge in [0.2, 0.25) is 11.7 Å². The van der Waals surface area contributed by atoms with Gasteiger partial charge in [-0.05, 0) is 31.0 Å². The van der Waals surface area contributed by atoms with Gasteiger partial charge in [-0.3, -0.25) is 24.6 Å². The van der Waals surface area contributed by atoms with Crippen LogP contribution in [-0.2, 0) is 9.59 Å². The third kappa shape index (κ3) is 6.75. The molecule has 2 amide bonds. The maximum absolute atomic E-state index is 13.6. The average molecular weight is 430 g/mol. The highest BCUT2D eigenvalue weighted by atomic mass is 19.1. The van der Waals surface area contributed by atoms with Crippen molar-refractivity contribution in [2.45, 2.75) is 18.9 Å². The van der Waals surface area contributed by atoms with E-state index in [1.54, 1.807) is 0 Å². The zero-order valence-electron chi connectivity index (χ0n) is 16.8. The number of amides is 2. The second-order valence-corrected chi connectivity index (χ2v) is 7.19. The van der Waals surface area contributed by atoms with Crippen LogP contribution in [0.15, 0.2) is 48.5 Å². The third-order valence-corrected chi connectivity index (χ3v) is 4.86. The van der Waals surface area contributed by atoms with E-state index in [1.807, 2.05) is 35.2 Å². The fourth-order valence-electron chi connectivity index (χ4n) is 3.30. The van der Waals surface area contributed by atoms with Gasteiger partial charge in [0, 0.05) is 37.0 Å². The number of halogens is 1. The van der Waals surface area contributed by atoms with Gasteiger partial charge >= 0.3 is 5.69 Å². The topological polar surface area (TPSA) is 114 Å². The van der Waals surface area contributed by atoms with Gasteiger partial charge in [0.05, 0.1) is 11.5 Å². The minimum atomic E-state index is -1.02.